The van der Waals surface area contributed by atoms with Crippen molar-refractivity contribution in [3.05, 3.63) is 42.0 Å². The highest BCUT2D eigenvalue weighted by Gasteiger charge is 2.41. The first-order valence-electron chi connectivity index (χ1n) is 6.42. The maximum atomic E-state index is 12.4. The number of aliphatic carboxylic acids is 1. The van der Waals surface area contributed by atoms with E-state index < -0.39 is 24.1 Å². The topological polar surface area (TPSA) is 75.6 Å². The molecule has 0 bridgehead atoms. The number of alkyl halides is 3. The first-order valence-corrected chi connectivity index (χ1v) is 6.42. The van der Waals surface area contributed by atoms with Gasteiger partial charge in [0.1, 0.15) is 5.75 Å². The Labute approximate surface area is 128 Å². The van der Waals surface area contributed by atoms with Crippen LogP contribution in [0.5, 0.6) is 5.75 Å². The lowest BCUT2D eigenvalue weighted by atomic mass is 9.98. The van der Waals surface area contributed by atoms with E-state index >= 15 is 0 Å². The number of ether oxygens (including phenoxy) is 1. The predicted molar refractivity (Wildman–Crippen MR) is 75.1 cm³/mol. The maximum absolute atomic E-state index is 12.4. The van der Waals surface area contributed by atoms with Gasteiger partial charge in [0.25, 0.3) is 0 Å². The van der Waals surface area contributed by atoms with E-state index in [0.29, 0.717) is 16.5 Å². The molecule has 1 unspecified atom stereocenters. The van der Waals surface area contributed by atoms with Gasteiger partial charge < -0.3 is 15.2 Å². The van der Waals surface area contributed by atoms with Crippen LogP contribution in [0, 0.1) is 0 Å². The Hall–Kier alpha value is -2.77. The monoisotopic (exact) mass is 327 g/mol. The lowest BCUT2D eigenvalue weighted by Crippen LogP contribution is -2.41. The Kier molecular flexibility index (Phi) is 4.44. The number of carboxylic acids is 1. The summed E-state index contributed by atoms with van der Waals surface area (Å²) < 4.78 is 42.3. The van der Waals surface area contributed by atoms with E-state index in [-0.39, 0.29) is 5.56 Å². The Balaban J connectivity index is 2.55. The molecule has 2 aromatic rings. The van der Waals surface area contributed by atoms with Crippen molar-refractivity contribution in [2.45, 2.75) is 12.2 Å². The van der Waals surface area contributed by atoms with E-state index in [4.69, 9.17) is 4.74 Å². The lowest BCUT2D eigenvalue weighted by Gasteiger charge is -2.18. The summed E-state index contributed by atoms with van der Waals surface area (Å²) in [4.78, 5) is 22.4. The fourth-order valence-corrected chi connectivity index (χ4v) is 2.21. The van der Waals surface area contributed by atoms with Gasteiger partial charge in [-0.05, 0) is 17.0 Å². The van der Waals surface area contributed by atoms with Gasteiger partial charge >= 0.3 is 18.1 Å². The van der Waals surface area contributed by atoms with E-state index in [2.05, 4.69) is 0 Å². The minimum absolute atomic E-state index is 0.0338. The number of amides is 1. The van der Waals surface area contributed by atoms with Crippen LogP contribution in [0.1, 0.15) is 11.6 Å². The second-order valence-corrected chi connectivity index (χ2v) is 4.65. The molecule has 23 heavy (non-hydrogen) atoms. The Bertz CT molecular complexity index is 758. The molecule has 0 saturated heterocycles. The van der Waals surface area contributed by atoms with E-state index in [0.717, 1.165) is 0 Å². The van der Waals surface area contributed by atoms with Gasteiger partial charge in [-0.25, -0.2) is 4.79 Å². The third kappa shape index (κ3) is 3.36. The Morgan fingerprint density at radius 2 is 1.74 bits per heavy atom. The summed E-state index contributed by atoms with van der Waals surface area (Å²) in [5.41, 5.74) is 0.0338. The molecule has 0 saturated carbocycles. The van der Waals surface area contributed by atoms with Gasteiger partial charge in [-0.3, -0.25) is 4.79 Å². The number of benzene rings is 2. The molecule has 0 fully saturated rings. The second kappa shape index (κ2) is 6.15. The Morgan fingerprint density at radius 3 is 2.26 bits per heavy atom. The molecular weight excluding hydrogens is 315 g/mol. The highest BCUT2D eigenvalue weighted by molar-refractivity contribution is 5.96. The standard InChI is InChI=1S/C15H12F3NO4/c1-23-11-7-6-10(8-4-2-3-5-9(8)11)12(13(20)21)19-14(22)15(16,17)18/h2-7,12H,1H3,(H,19,22)(H,20,21). The number of nitrogens with one attached hydrogen (secondary N) is 1. The Morgan fingerprint density at radius 1 is 1.13 bits per heavy atom. The number of halogens is 3. The first kappa shape index (κ1) is 16.6. The second-order valence-electron chi connectivity index (χ2n) is 4.65. The molecule has 0 heterocycles. The fraction of sp³-hybridized carbons (Fsp3) is 0.200. The van der Waals surface area contributed by atoms with Crippen LogP contribution in [0.2, 0.25) is 0 Å². The molecule has 0 aliphatic carbocycles. The summed E-state index contributed by atoms with van der Waals surface area (Å²) in [5.74, 6) is -3.47. The summed E-state index contributed by atoms with van der Waals surface area (Å²) in [6, 6.07) is 7.39. The molecule has 0 spiro atoms. The third-order valence-electron chi connectivity index (χ3n) is 3.23. The van der Waals surface area contributed by atoms with E-state index in [1.54, 1.807) is 24.3 Å². The van der Waals surface area contributed by atoms with Gasteiger partial charge in [0.05, 0.1) is 7.11 Å². The minimum atomic E-state index is -5.17. The van der Waals surface area contributed by atoms with Gasteiger partial charge in [0, 0.05) is 5.39 Å². The predicted octanol–water partition coefficient (Wildman–Crippen LogP) is 2.65. The molecule has 2 N–H and O–H groups in total. The van der Waals surface area contributed by atoms with Crippen LogP contribution in [0.3, 0.4) is 0 Å². The number of methoxy groups -OCH3 is 1. The summed E-state index contributed by atoms with van der Waals surface area (Å²) in [6.07, 6.45) is -5.17. The van der Waals surface area contributed by atoms with E-state index in [1.165, 1.54) is 24.6 Å². The van der Waals surface area contributed by atoms with Gasteiger partial charge in [-0.15, -0.1) is 0 Å². The highest BCUT2D eigenvalue weighted by atomic mass is 19.4. The number of carbonyl (C=O) groups is 2. The average molecular weight is 327 g/mol. The normalized spacial score (nSPS) is 12.7. The highest BCUT2D eigenvalue weighted by Crippen LogP contribution is 2.32. The smallest absolute Gasteiger partial charge is 0.471 e. The van der Waals surface area contributed by atoms with Gasteiger partial charge in [0.15, 0.2) is 6.04 Å². The van der Waals surface area contributed by atoms with Crippen LogP contribution < -0.4 is 10.1 Å². The van der Waals surface area contributed by atoms with Crippen LogP contribution in [0.4, 0.5) is 13.2 Å². The zero-order valence-corrected chi connectivity index (χ0v) is 11.8. The first-order chi connectivity index (χ1) is 10.8. The molecule has 0 aliphatic rings. The van der Waals surface area contributed by atoms with Crippen LogP contribution in [-0.2, 0) is 9.59 Å². The number of rotatable bonds is 4. The van der Waals surface area contributed by atoms with Crippen LogP contribution in [0.15, 0.2) is 36.4 Å². The molecule has 5 nitrogen and oxygen atoms in total. The van der Waals surface area contributed by atoms with E-state index in [1.807, 2.05) is 0 Å². The number of hydrogen-bond donors (Lipinski definition) is 2. The summed E-state index contributed by atoms with van der Waals surface area (Å²) >= 11 is 0. The summed E-state index contributed by atoms with van der Waals surface area (Å²) in [5, 5.41) is 11.6. The molecule has 1 amide bonds. The molecule has 0 radical (unpaired) electrons. The number of carboxylic acid groups (broad SMARTS) is 1. The van der Waals surface area contributed by atoms with Crippen LogP contribution in [-0.4, -0.2) is 30.3 Å². The molecule has 8 heteroatoms. The van der Waals surface area contributed by atoms with Crippen LogP contribution in [0.25, 0.3) is 10.8 Å². The fourth-order valence-electron chi connectivity index (χ4n) is 2.21. The number of carbonyl (C=O) groups excluding carboxylic acids is 1. The maximum Gasteiger partial charge on any atom is 0.471 e. The van der Waals surface area contributed by atoms with Gasteiger partial charge in [0.2, 0.25) is 0 Å². The summed E-state index contributed by atoms with van der Waals surface area (Å²) in [6.45, 7) is 0. The number of hydrogen-bond acceptors (Lipinski definition) is 3. The van der Waals surface area contributed by atoms with Gasteiger partial charge in [-0.1, -0.05) is 30.3 Å². The average Bonchev–Trinajstić information content (AvgIpc) is 2.50. The lowest BCUT2D eigenvalue weighted by molar-refractivity contribution is -0.175. The zero-order valence-electron chi connectivity index (χ0n) is 11.8. The molecule has 0 aliphatic heterocycles. The van der Waals surface area contributed by atoms with Crippen molar-refractivity contribution >= 4 is 22.6 Å². The number of fused-ring (bicyclic) bond motifs is 1. The van der Waals surface area contributed by atoms with Crippen molar-refractivity contribution in [2.24, 2.45) is 0 Å². The molecule has 2 aromatic carbocycles. The minimum Gasteiger partial charge on any atom is -0.496 e. The zero-order chi connectivity index (χ0) is 17.2. The van der Waals surface area contributed by atoms with Crippen molar-refractivity contribution in [2.75, 3.05) is 7.11 Å². The van der Waals surface area contributed by atoms with Crippen molar-refractivity contribution in [1.82, 2.24) is 5.32 Å². The molecule has 122 valence electrons. The van der Waals surface area contributed by atoms with Crippen LogP contribution >= 0.6 is 0 Å². The largest absolute Gasteiger partial charge is 0.496 e. The SMILES string of the molecule is COc1ccc(C(NC(=O)C(F)(F)F)C(=O)O)c2ccccc12. The van der Waals surface area contributed by atoms with Crippen molar-refractivity contribution in [3.63, 3.8) is 0 Å². The van der Waals surface area contributed by atoms with Gasteiger partial charge in [-0.2, -0.15) is 13.2 Å². The quantitative estimate of drug-likeness (QED) is 0.905. The molecular formula is C15H12F3NO4. The van der Waals surface area contributed by atoms with Crippen molar-refractivity contribution in [3.8, 4) is 5.75 Å². The van der Waals surface area contributed by atoms with Crippen molar-refractivity contribution in [1.29, 1.82) is 0 Å². The van der Waals surface area contributed by atoms with Crippen molar-refractivity contribution < 1.29 is 32.6 Å². The van der Waals surface area contributed by atoms with E-state index in [9.17, 15) is 27.9 Å². The molecule has 2 rings (SSSR count). The molecule has 0 aromatic heterocycles. The molecule has 1 atom stereocenters. The summed E-state index contributed by atoms with van der Waals surface area (Å²) in [7, 11) is 1.42. The third-order valence-corrected chi connectivity index (χ3v) is 3.23.